The SMILES string of the molecule is CCCOCCCC(=O)Nc1ccc(OCCCO)cc1. The molecule has 21 heavy (non-hydrogen) atoms. The molecule has 0 aromatic heterocycles. The van der Waals surface area contributed by atoms with Crippen molar-refractivity contribution in [2.75, 3.05) is 31.7 Å². The molecule has 5 heteroatoms. The van der Waals surface area contributed by atoms with Crippen LogP contribution in [0.4, 0.5) is 5.69 Å². The van der Waals surface area contributed by atoms with Crippen LogP contribution in [0.5, 0.6) is 5.75 Å². The Hall–Kier alpha value is -1.59. The summed E-state index contributed by atoms with van der Waals surface area (Å²) in [5.41, 5.74) is 0.754. The zero-order chi connectivity index (χ0) is 15.3. The Bertz CT molecular complexity index is 392. The van der Waals surface area contributed by atoms with Crippen LogP contribution >= 0.6 is 0 Å². The number of hydrogen-bond donors (Lipinski definition) is 2. The molecule has 118 valence electrons. The minimum Gasteiger partial charge on any atom is -0.494 e. The topological polar surface area (TPSA) is 67.8 Å². The normalized spacial score (nSPS) is 10.4. The molecule has 0 fully saturated rings. The maximum atomic E-state index is 11.7. The summed E-state index contributed by atoms with van der Waals surface area (Å²) >= 11 is 0. The van der Waals surface area contributed by atoms with Crippen LogP contribution in [-0.2, 0) is 9.53 Å². The fraction of sp³-hybridized carbons (Fsp3) is 0.562. The number of carbonyl (C=O) groups is 1. The van der Waals surface area contributed by atoms with Gasteiger partial charge in [-0.3, -0.25) is 4.79 Å². The van der Waals surface area contributed by atoms with Gasteiger partial charge < -0.3 is 19.9 Å². The van der Waals surface area contributed by atoms with Gasteiger partial charge in [0, 0.05) is 38.3 Å². The van der Waals surface area contributed by atoms with Gasteiger partial charge in [0.15, 0.2) is 0 Å². The van der Waals surface area contributed by atoms with E-state index in [1.165, 1.54) is 0 Å². The first kappa shape index (κ1) is 17.5. The number of aliphatic hydroxyl groups excluding tert-OH is 1. The summed E-state index contributed by atoms with van der Waals surface area (Å²) in [4.78, 5) is 11.7. The molecule has 0 bridgehead atoms. The van der Waals surface area contributed by atoms with Crippen molar-refractivity contribution in [3.63, 3.8) is 0 Å². The first-order valence-corrected chi connectivity index (χ1v) is 7.47. The van der Waals surface area contributed by atoms with E-state index < -0.39 is 0 Å². The monoisotopic (exact) mass is 295 g/mol. The highest BCUT2D eigenvalue weighted by Crippen LogP contribution is 2.16. The summed E-state index contributed by atoms with van der Waals surface area (Å²) < 4.78 is 10.8. The number of benzene rings is 1. The van der Waals surface area contributed by atoms with Crippen LogP contribution in [0.1, 0.15) is 32.6 Å². The number of rotatable bonds is 11. The van der Waals surface area contributed by atoms with Gasteiger partial charge in [0.05, 0.1) is 6.61 Å². The van der Waals surface area contributed by atoms with Crippen molar-refractivity contribution in [2.45, 2.75) is 32.6 Å². The maximum absolute atomic E-state index is 11.7. The Balaban J connectivity index is 2.23. The number of carbonyl (C=O) groups excluding carboxylic acids is 1. The second kappa shape index (κ2) is 11.1. The predicted octanol–water partition coefficient (Wildman–Crippen LogP) is 2.59. The minimum absolute atomic E-state index is 0.0101. The van der Waals surface area contributed by atoms with Crippen molar-refractivity contribution in [2.24, 2.45) is 0 Å². The van der Waals surface area contributed by atoms with Crippen molar-refractivity contribution in [1.29, 1.82) is 0 Å². The van der Waals surface area contributed by atoms with Gasteiger partial charge in [-0.05, 0) is 37.1 Å². The maximum Gasteiger partial charge on any atom is 0.224 e. The molecule has 1 aromatic rings. The highest BCUT2D eigenvalue weighted by atomic mass is 16.5. The Morgan fingerprint density at radius 1 is 1.14 bits per heavy atom. The number of amides is 1. The average Bonchev–Trinajstić information content (AvgIpc) is 2.49. The third-order valence-electron chi connectivity index (χ3n) is 2.75. The van der Waals surface area contributed by atoms with Crippen molar-refractivity contribution < 1.29 is 19.4 Å². The van der Waals surface area contributed by atoms with E-state index in [1.807, 2.05) is 0 Å². The number of anilines is 1. The van der Waals surface area contributed by atoms with E-state index in [1.54, 1.807) is 24.3 Å². The molecule has 0 atom stereocenters. The fourth-order valence-electron chi connectivity index (χ4n) is 1.69. The van der Waals surface area contributed by atoms with Gasteiger partial charge >= 0.3 is 0 Å². The highest BCUT2D eigenvalue weighted by Gasteiger charge is 2.02. The molecule has 0 aliphatic carbocycles. The van der Waals surface area contributed by atoms with Gasteiger partial charge in [0.2, 0.25) is 5.91 Å². The lowest BCUT2D eigenvalue weighted by atomic mass is 10.2. The summed E-state index contributed by atoms with van der Waals surface area (Å²) in [7, 11) is 0. The average molecular weight is 295 g/mol. The predicted molar refractivity (Wildman–Crippen MR) is 82.6 cm³/mol. The molecule has 0 aliphatic heterocycles. The fourth-order valence-corrected chi connectivity index (χ4v) is 1.69. The molecular formula is C16H25NO4. The third-order valence-corrected chi connectivity index (χ3v) is 2.75. The molecule has 0 unspecified atom stereocenters. The molecule has 5 nitrogen and oxygen atoms in total. The molecule has 0 spiro atoms. The molecule has 1 rings (SSSR count). The van der Waals surface area contributed by atoms with Gasteiger partial charge in [0.25, 0.3) is 0 Å². The summed E-state index contributed by atoms with van der Waals surface area (Å²) in [6, 6.07) is 7.22. The second-order valence-corrected chi connectivity index (χ2v) is 4.71. The molecule has 0 radical (unpaired) electrons. The van der Waals surface area contributed by atoms with Crippen molar-refractivity contribution >= 4 is 11.6 Å². The molecule has 0 saturated carbocycles. The molecule has 0 heterocycles. The number of hydrogen-bond acceptors (Lipinski definition) is 4. The van der Waals surface area contributed by atoms with Gasteiger partial charge in [-0.25, -0.2) is 0 Å². The van der Waals surface area contributed by atoms with E-state index in [0.717, 1.165) is 30.9 Å². The van der Waals surface area contributed by atoms with Crippen LogP contribution in [0.15, 0.2) is 24.3 Å². The first-order chi connectivity index (χ1) is 10.3. The second-order valence-electron chi connectivity index (χ2n) is 4.71. The van der Waals surface area contributed by atoms with Crippen LogP contribution in [0.3, 0.4) is 0 Å². The molecule has 0 aliphatic rings. The van der Waals surface area contributed by atoms with Gasteiger partial charge in [0.1, 0.15) is 5.75 Å². The number of ether oxygens (including phenoxy) is 2. The molecule has 2 N–H and O–H groups in total. The smallest absolute Gasteiger partial charge is 0.224 e. The van der Waals surface area contributed by atoms with E-state index in [9.17, 15) is 4.79 Å². The van der Waals surface area contributed by atoms with Crippen molar-refractivity contribution in [1.82, 2.24) is 0 Å². The van der Waals surface area contributed by atoms with Crippen LogP contribution in [0, 0.1) is 0 Å². The molecular weight excluding hydrogens is 270 g/mol. The van der Waals surface area contributed by atoms with Crippen molar-refractivity contribution in [3.8, 4) is 5.75 Å². The van der Waals surface area contributed by atoms with E-state index in [2.05, 4.69) is 12.2 Å². The first-order valence-electron chi connectivity index (χ1n) is 7.47. The Labute approximate surface area is 126 Å². The lowest BCUT2D eigenvalue weighted by Gasteiger charge is -2.08. The lowest BCUT2D eigenvalue weighted by Crippen LogP contribution is -2.12. The molecule has 1 amide bonds. The molecule has 1 aromatic carbocycles. The third kappa shape index (κ3) is 8.32. The minimum atomic E-state index is -0.0101. The van der Waals surface area contributed by atoms with Crippen LogP contribution < -0.4 is 10.1 Å². The summed E-state index contributed by atoms with van der Waals surface area (Å²) in [6.45, 7) is 4.04. The van der Waals surface area contributed by atoms with Gasteiger partial charge in [-0.15, -0.1) is 0 Å². The van der Waals surface area contributed by atoms with Gasteiger partial charge in [-0.1, -0.05) is 6.92 Å². The van der Waals surface area contributed by atoms with Crippen LogP contribution in [-0.4, -0.2) is 37.4 Å². The quantitative estimate of drug-likeness (QED) is 0.616. The molecule has 0 saturated heterocycles. The van der Waals surface area contributed by atoms with Crippen LogP contribution in [0.25, 0.3) is 0 Å². The summed E-state index contributed by atoms with van der Waals surface area (Å²) in [5, 5.41) is 11.5. The Kier molecular flexibility index (Phi) is 9.24. The van der Waals surface area contributed by atoms with E-state index in [-0.39, 0.29) is 12.5 Å². The van der Waals surface area contributed by atoms with Crippen molar-refractivity contribution in [3.05, 3.63) is 24.3 Å². The number of nitrogens with one attached hydrogen (secondary N) is 1. The Morgan fingerprint density at radius 2 is 1.90 bits per heavy atom. The van der Waals surface area contributed by atoms with E-state index >= 15 is 0 Å². The summed E-state index contributed by atoms with van der Waals surface area (Å²) in [6.07, 6.45) is 2.80. The van der Waals surface area contributed by atoms with Gasteiger partial charge in [-0.2, -0.15) is 0 Å². The summed E-state index contributed by atoms with van der Waals surface area (Å²) in [5.74, 6) is 0.721. The highest BCUT2D eigenvalue weighted by molar-refractivity contribution is 5.90. The zero-order valence-corrected chi connectivity index (χ0v) is 12.6. The zero-order valence-electron chi connectivity index (χ0n) is 12.6. The number of aliphatic hydroxyl groups is 1. The standard InChI is InChI=1S/C16H25NO4/c1-2-11-20-12-3-5-16(19)17-14-6-8-15(9-7-14)21-13-4-10-18/h6-9,18H,2-5,10-13H2,1H3,(H,17,19). The lowest BCUT2D eigenvalue weighted by molar-refractivity contribution is -0.116. The van der Waals surface area contributed by atoms with E-state index in [0.29, 0.717) is 26.1 Å². The van der Waals surface area contributed by atoms with E-state index in [4.69, 9.17) is 14.6 Å². The van der Waals surface area contributed by atoms with Crippen LogP contribution in [0.2, 0.25) is 0 Å². The Morgan fingerprint density at radius 3 is 2.57 bits per heavy atom. The largest absolute Gasteiger partial charge is 0.494 e.